The predicted octanol–water partition coefficient (Wildman–Crippen LogP) is 0.210. The van der Waals surface area contributed by atoms with Crippen LogP contribution in [0.3, 0.4) is 0 Å². The van der Waals surface area contributed by atoms with Gasteiger partial charge in [0.1, 0.15) is 0 Å². The molecule has 4 heteroatoms. The average molecular weight is 162 g/mol. The van der Waals surface area contributed by atoms with Gasteiger partial charge in [-0.1, -0.05) is 12.2 Å². The second kappa shape index (κ2) is 8.36. The smallest absolute Gasteiger partial charge is 0.209 e. The number of nitrogens with zero attached hydrogens (tertiary/aromatic N) is 2. The van der Waals surface area contributed by atoms with Crippen LogP contribution in [0.1, 0.15) is 0 Å². The first-order chi connectivity index (χ1) is 4.54. The Balaban J connectivity index is 0. The van der Waals surface area contributed by atoms with Crippen LogP contribution in [-0.2, 0) is 4.79 Å². The van der Waals surface area contributed by atoms with E-state index in [0.717, 1.165) is 6.41 Å². The van der Waals surface area contributed by atoms with Gasteiger partial charge in [0.2, 0.25) is 6.41 Å². The number of hydrogen-bond donors (Lipinski definition) is 0. The Morgan fingerprint density at radius 3 is 1.30 bits per heavy atom. The van der Waals surface area contributed by atoms with E-state index in [1.54, 1.807) is 19.6 Å². The highest BCUT2D eigenvalue weighted by Crippen LogP contribution is 1.57. The summed E-state index contributed by atoms with van der Waals surface area (Å²) in [6, 6.07) is 0. The van der Waals surface area contributed by atoms with E-state index in [4.69, 9.17) is 0 Å². The lowest BCUT2D eigenvalue weighted by Crippen LogP contribution is -2.06. The van der Waals surface area contributed by atoms with Crippen molar-refractivity contribution in [3.63, 3.8) is 0 Å². The van der Waals surface area contributed by atoms with E-state index in [9.17, 15) is 4.79 Å². The Kier molecular flexibility index (Phi) is 10.1. The van der Waals surface area contributed by atoms with Crippen LogP contribution in [0.2, 0.25) is 0 Å². The summed E-state index contributed by atoms with van der Waals surface area (Å²) in [5.41, 5.74) is 1.58. The van der Waals surface area contributed by atoms with Gasteiger partial charge in [-0.2, -0.15) is 0 Å². The van der Waals surface area contributed by atoms with Gasteiger partial charge in [-0.05, 0) is 0 Å². The average Bonchev–Trinajstić information content (AvgIpc) is 1.89. The van der Waals surface area contributed by atoms with Crippen LogP contribution in [0.15, 0.2) is 0 Å². The topological polar surface area (TPSA) is 23.6 Å². The molecular weight excluding hydrogens is 148 g/mol. The minimum Gasteiger partial charge on any atom is -0.375 e. The number of amides is 1. The van der Waals surface area contributed by atoms with Crippen LogP contribution < -0.4 is 0 Å². The Labute approximate surface area is 67.6 Å². The Bertz CT molecular complexity index is 81.7. The number of carbonyl (C=O) groups is 1. The lowest BCUT2D eigenvalue weighted by molar-refractivity contribution is -0.115. The Morgan fingerprint density at radius 2 is 1.30 bits per heavy atom. The lowest BCUT2D eigenvalue weighted by Gasteiger charge is -1.96. The van der Waals surface area contributed by atoms with Crippen molar-refractivity contribution in [1.29, 1.82) is 0 Å². The molecule has 0 aliphatic heterocycles. The zero-order chi connectivity index (χ0) is 8.57. The van der Waals surface area contributed by atoms with Crippen LogP contribution >= 0.6 is 12.2 Å². The minimum atomic E-state index is 0.750. The summed E-state index contributed by atoms with van der Waals surface area (Å²) in [4.78, 5) is 12.7. The van der Waals surface area contributed by atoms with Crippen molar-refractivity contribution in [2.24, 2.45) is 0 Å². The molecule has 0 atom stereocenters. The third kappa shape index (κ3) is 26.4. The molecule has 3 nitrogen and oxygen atoms in total. The van der Waals surface area contributed by atoms with E-state index in [1.807, 2.05) is 19.0 Å². The minimum absolute atomic E-state index is 0.750. The fourth-order valence-electron chi connectivity index (χ4n) is 0. The number of carbonyl (C=O) groups excluding carboxylic acids is 1. The fourth-order valence-corrected chi connectivity index (χ4v) is 0. The molecule has 0 saturated heterocycles. The maximum absolute atomic E-state index is 9.43. The van der Waals surface area contributed by atoms with Crippen molar-refractivity contribution >= 4 is 24.1 Å². The number of rotatable bonds is 2. The molecule has 0 heterocycles. The fraction of sp³-hybridized carbons (Fsp3) is 0.667. The van der Waals surface area contributed by atoms with Crippen LogP contribution in [0.4, 0.5) is 0 Å². The molecule has 1 amide bonds. The third-order valence-electron chi connectivity index (χ3n) is 0.422. The SMILES string of the molecule is CN(C)C=O.CN(C)C=S. The molecule has 0 rings (SSSR count). The van der Waals surface area contributed by atoms with E-state index < -0.39 is 0 Å². The highest BCUT2D eigenvalue weighted by atomic mass is 32.1. The molecule has 0 bridgehead atoms. The van der Waals surface area contributed by atoms with Crippen LogP contribution in [0, 0.1) is 0 Å². The molecule has 60 valence electrons. The predicted molar refractivity (Wildman–Crippen MR) is 47.1 cm³/mol. The summed E-state index contributed by atoms with van der Waals surface area (Å²) in [6.07, 6.45) is 0.750. The standard InChI is InChI=1S/C3H7NO.C3H7NS/c2*1-4(2)3-5/h2*3H,1-2H3. The van der Waals surface area contributed by atoms with Crippen LogP contribution in [-0.4, -0.2) is 49.9 Å². The highest BCUT2D eigenvalue weighted by Gasteiger charge is 1.68. The zero-order valence-corrected chi connectivity index (χ0v) is 7.68. The van der Waals surface area contributed by atoms with Gasteiger partial charge in [0.05, 0.1) is 5.49 Å². The van der Waals surface area contributed by atoms with Crippen molar-refractivity contribution in [3.8, 4) is 0 Å². The van der Waals surface area contributed by atoms with Crippen LogP contribution in [0.25, 0.3) is 0 Å². The van der Waals surface area contributed by atoms with Gasteiger partial charge in [-0.15, -0.1) is 0 Å². The molecule has 10 heavy (non-hydrogen) atoms. The summed E-state index contributed by atoms with van der Waals surface area (Å²) in [5.74, 6) is 0. The Hall–Kier alpha value is -0.640. The van der Waals surface area contributed by atoms with Crippen molar-refractivity contribution in [1.82, 2.24) is 9.80 Å². The second-order valence-corrected chi connectivity index (χ2v) is 2.35. The van der Waals surface area contributed by atoms with Gasteiger partial charge in [-0.3, -0.25) is 4.79 Å². The van der Waals surface area contributed by atoms with E-state index >= 15 is 0 Å². The first-order valence-electron chi connectivity index (χ1n) is 2.78. The molecule has 0 fully saturated rings. The number of thiocarbonyl (C=S) groups is 1. The van der Waals surface area contributed by atoms with Gasteiger partial charge in [-0.25, -0.2) is 0 Å². The van der Waals surface area contributed by atoms with Gasteiger partial charge >= 0.3 is 0 Å². The molecule has 0 aromatic carbocycles. The van der Waals surface area contributed by atoms with Crippen molar-refractivity contribution < 1.29 is 4.79 Å². The van der Waals surface area contributed by atoms with E-state index in [0.29, 0.717) is 0 Å². The molecular formula is C6H14N2OS. The number of hydrogen-bond acceptors (Lipinski definition) is 2. The first kappa shape index (κ1) is 12.1. The molecule has 0 spiro atoms. The first-order valence-corrected chi connectivity index (χ1v) is 3.25. The molecule has 0 radical (unpaired) electrons. The largest absolute Gasteiger partial charge is 0.375 e. The highest BCUT2D eigenvalue weighted by molar-refractivity contribution is 7.78. The van der Waals surface area contributed by atoms with Gasteiger partial charge in [0.25, 0.3) is 0 Å². The van der Waals surface area contributed by atoms with Crippen molar-refractivity contribution in [2.45, 2.75) is 0 Å². The molecule has 0 aromatic heterocycles. The molecule has 0 N–H and O–H groups in total. The van der Waals surface area contributed by atoms with Crippen LogP contribution in [0.5, 0.6) is 0 Å². The summed E-state index contributed by atoms with van der Waals surface area (Å²) in [6.45, 7) is 0. The quantitative estimate of drug-likeness (QED) is 0.428. The summed E-state index contributed by atoms with van der Waals surface area (Å²) < 4.78 is 0. The van der Waals surface area contributed by atoms with E-state index in [2.05, 4.69) is 12.2 Å². The monoisotopic (exact) mass is 162 g/mol. The van der Waals surface area contributed by atoms with Gasteiger partial charge < -0.3 is 9.80 Å². The summed E-state index contributed by atoms with van der Waals surface area (Å²) >= 11 is 4.48. The second-order valence-electron chi connectivity index (χ2n) is 2.14. The molecule has 0 aromatic rings. The van der Waals surface area contributed by atoms with Gasteiger partial charge in [0.15, 0.2) is 0 Å². The summed E-state index contributed by atoms with van der Waals surface area (Å²) in [5, 5.41) is 0. The maximum Gasteiger partial charge on any atom is 0.209 e. The van der Waals surface area contributed by atoms with Crippen molar-refractivity contribution in [2.75, 3.05) is 28.2 Å². The van der Waals surface area contributed by atoms with Crippen molar-refractivity contribution in [3.05, 3.63) is 0 Å². The van der Waals surface area contributed by atoms with Gasteiger partial charge in [0, 0.05) is 28.2 Å². The summed E-state index contributed by atoms with van der Waals surface area (Å²) in [7, 11) is 7.17. The normalized spacial score (nSPS) is 6.80. The van der Waals surface area contributed by atoms with E-state index in [-0.39, 0.29) is 0 Å². The molecule has 0 aliphatic carbocycles. The zero-order valence-electron chi connectivity index (χ0n) is 6.87. The maximum atomic E-state index is 9.43. The molecule has 0 saturated carbocycles. The lowest BCUT2D eigenvalue weighted by atomic mass is 11.0. The molecule has 0 aliphatic rings. The Morgan fingerprint density at radius 1 is 1.10 bits per heavy atom. The van der Waals surface area contributed by atoms with E-state index in [1.165, 1.54) is 4.90 Å². The third-order valence-corrected chi connectivity index (χ3v) is 0.843. The molecule has 0 unspecified atom stereocenters.